The molecule has 1 unspecified atom stereocenters. The number of hydrogen-bond acceptors (Lipinski definition) is 2. The van der Waals surface area contributed by atoms with Gasteiger partial charge in [0.05, 0.1) is 0 Å². The van der Waals surface area contributed by atoms with Gasteiger partial charge in [-0.1, -0.05) is 18.2 Å². The molecule has 1 rings (SSSR count). The van der Waals surface area contributed by atoms with Crippen molar-refractivity contribution in [2.45, 2.75) is 39.2 Å². The van der Waals surface area contributed by atoms with E-state index in [2.05, 4.69) is 5.32 Å². The van der Waals surface area contributed by atoms with Crippen molar-refractivity contribution in [1.82, 2.24) is 5.32 Å². The quantitative estimate of drug-likeness (QED) is 0.724. The average Bonchev–Trinajstić information content (AvgIpc) is 2.30. The van der Waals surface area contributed by atoms with Crippen molar-refractivity contribution in [3.63, 3.8) is 0 Å². The number of nitrogens with one attached hydrogen (secondary N) is 1. The number of benzene rings is 1. The Balaban J connectivity index is 2.76. The fraction of sp³-hybridized carbons (Fsp3) is 0.429. The molecule has 0 spiro atoms. The summed E-state index contributed by atoms with van der Waals surface area (Å²) in [5, 5.41) is 11.4. The van der Waals surface area contributed by atoms with Crippen LogP contribution >= 0.6 is 0 Å². The molecule has 0 heterocycles. The fourth-order valence-electron chi connectivity index (χ4n) is 2.06. The van der Waals surface area contributed by atoms with E-state index < -0.39 is 5.97 Å². The lowest BCUT2D eigenvalue weighted by Gasteiger charge is -2.18. The van der Waals surface area contributed by atoms with Crippen LogP contribution in [0.15, 0.2) is 18.2 Å². The molecule has 0 aliphatic heterocycles. The zero-order chi connectivity index (χ0) is 13.5. The van der Waals surface area contributed by atoms with Gasteiger partial charge in [0.2, 0.25) is 6.41 Å². The third kappa shape index (κ3) is 4.20. The van der Waals surface area contributed by atoms with E-state index in [4.69, 9.17) is 5.11 Å². The molecule has 1 aromatic rings. The number of aliphatic carboxylic acids is 1. The van der Waals surface area contributed by atoms with Gasteiger partial charge in [-0.05, 0) is 43.4 Å². The summed E-state index contributed by atoms with van der Waals surface area (Å²) in [5.41, 5.74) is 3.52. The van der Waals surface area contributed by atoms with Gasteiger partial charge in [0, 0.05) is 12.5 Å². The third-order valence-corrected chi connectivity index (χ3v) is 3.11. The predicted molar refractivity (Wildman–Crippen MR) is 69.5 cm³/mol. The summed E-state index contributed by atoms with van der Waals surface area (Å²) in [6.07, 6.45) is 1.82. The maximum Gasteiger partial charge on any atom is 0.303 e. The molecule has 1 atom stereocenters. The molecule has 0 radical (unpaired) electrons. The lowest BCUT2D eigenvalue weighted by atomic mass is 9.94. The number of carbonyl (C=O) groups excluding carboxylic acids is 1. The molecule has 1 aromatic carbocycles. The van der Waals surface area contributed by atoms with E-state index in [-0.39, 0.29) is 12.5 Å². The summed E-state index contributed by atoms with van der Waals surface area (Å²) in [5.74, 6) is -0.839. The lowest BCUT2D eigenvalue weighted by Crippen LogP contribution is -2.31. The van der Waals surface area contributed by atoms with Gasteiger partial charge < -0.3 is 10.4 Å². The maximum atomic E-state index is 10.6. The van der Waals surface area contributed by atoms with Crippen LogP contribution in [0.5, 0.6) is 0 Å². The van der Waals surface area contributed by atoms with Crippen molar-refractivity contribution < 1.29 is 14.7 Å². The van der Waals surface area contributed by atoms with E-state index >= 15 is 0 Å². The van der Waals surface area contributed by atoms with Crippen LogP contribution in [-0.4, -0.2) is 23.5 Å². The summed E-state index contributed by atoms with van der Waals surface area (Å²) < 4.78 is 0. The maximum absolute atomic E-state index is 10.6. The number of carboxylic acid groups (broad SMARTS) is 1. The molecule has 98 valence electrons. The van der Waals surface area contributed by atoms with Gasteiger partial charge in [0.1, 0.15) is 0 Å². The molecule has 0 saturated carbocycles. The van der Waals surface area contributed by atoms with Crippen molar-refractivity contribution in [2.24, 2.45) is 0 Å². The Kier molecular flexibility index (Phi) is 5.36. The minimum Gasteiger partial charge on any atom is -0.481 e. The van der Waals surface area contributed by atoms with Crippen molar-refractivity contribution in [1.29, 1.82) is 0 Å². The minimum atomic E-state index is -0.839. The Labute approximate surface area is 107 Å². The second kappa shape index (κ2) is 6.79. The standard InChI is InChI=1S/C14H19NO3/c1-10-4-3-5-11(2)13(10)8-12(15-9-16)6-7-14(17)18/h3-5,9,12H,6-8H2,1-2H3,(H,15,16)(H,17,18). The van der Waals surface area contributed by atoms with E-state index in [9.17, 15) is 9.59 Å². The van der Waals surface area contributed by atoms with Crippen LogP contribution in [0, 0.1) is 13.8 Å². The van der Waals surface area contributed by atoms with Gasteiger partial charge in [-0.3, -0.25) is 9.59 Å². The lowest BCUT2D eigenvalue weighted by molar-refractivity contribution is -0.137. The first-order valence-corrected chi connectivity index (χ1v) is 6.01. The molecule has 0 saturated heterocycles. The highest BCUT2D eigenvalue weighted by atomic mass is 16.4. The normalized spacial score (nSPS) is 11.9. The number of hydrogen-bond donors (Lipinski definition) is 2. The van der Waals surface area contributed by atoms with Crippen molar-refractivity contribution >= 4 is 12.4 Å². The molecule has 0 aliphatic rings. The van der Waals surface area contributed by atoms with Crippen LogP contribution in [0.1, 0.15) is 29.5 Å². The molecule has 4 heteroatoms. The average molecular weight is 249 g/mol. The molecule has 1 amide bonds. The first kappa shape index (κ1) is 14.2. The Morgan fingerprint density at radius 1 is 1.39 bits per heavy atom. The second-order valence-electron chi connectivity index (χ2n) is 4.49. The van der Waals surface area contributed by atoms with Crippen LogP contribution in [0.2, 0.25) is 0 Å². The van der Waals surface area contributed by atoms with Crippen molar-refractivity contribution in [3.05, 3.63) is 34.9 Å². The van der Waals surface area contributed by atoms with E-state index in [0.717, 1.165) is 0 Å². The minimum absolute atomic E-state index is 0.0659. The van der Waals surface area contributed by atoms with Gasteiger partial charge in [0.15, 0.2) is 0 Å². The highest BCUT2D eigenvalue weighted by Gasteiger charge is 2.13. The summed E-state index contributed by atoms with van der Waals surface area (Å²) in [6.45, 7) is 4.05. The molecular formula is C14H19NO3. The Hall–Kier alpha value is -1.84. The smallest absolute Gasteiger partial charge is 0.303 e. The highest BCUT2D eigenvalue weighted by molar-refractivity contribution is 5.66. The highest BCUT2D eigenvalue weighted by Crippen LogP contribution is 2.16. The molecule has 2 N–H and O–H groups in total. The molecule has 0 aliphatic carbocycles. The molecule has 0 aromatic heterocycles. The first-order valence-electron chi connectivity index (χ1n) is 6.01. The van der Waals surface area contributed by atoms with E-state index in [1.54, 1.807) is 0 Å². The predicted octanol–water partition coefficient (Wildman–Crippen LogP) is 1.83. The molecular weight excluding hydrogens is 230 g/mol. The monoisotopic (exact) mass is 249 g/mol. The van der Waals surface area contributed by atoms with Crippen molar-refractivity contribution in [2.75, 3.05) is 0 Å². The number of amides is 1. The fourth-order valence-corrected chi connectivity index (χ4v) is 2.06. The van der Waals surface area contributed by atoms with Crippen molar-refractivity contribution in [3.8, 4) is 0 Å². The van der Waals surface area contributed by atoms with E-state index in [0.29, 0.717) is 19.3 Å². The summed E-state index contributed by atoms with van der Waals surface area (Å²) >= 11 is 0. The van der Waals surface area contributed by atoms with Gasteiger partial charge >= 0.3 is 5.97 Å². The summed E-state index contributed by atoms with van der Waals surface area (Å²) in [6, 6.07) is 5.92. The van der Waals surface area contributed by atoms with Crippen LogP contribution in [0.3, 0.4) is 0 Å². The second-order valence-corrected chi connectivity index (χ2v) is 4.49. The summed E-state index contributed by atoms with van der Waals surface area (Å²) in [4.78, 5) is 21.1. The van der Waals surface area contributed by atoms with Crippen LogP contribution in [0.25, 0.3) is 0 Å². The molecule has 4 nitrogen and oxygen atoms in total. The molecule has 0 fully saturated rings. The topological polar surface area (TPSA) is 66.4 Å². The Bertz CT molecular complexity index is 409. The van der Waals surface area contributed by atoms with E-state index in [1.807, 2.05) is 32.0 Å². The zero-order valence-corrected chi connectivity index (χ0v) is 10.8. The third-order valence-electron chi connectivity index (χ3n) is 3.11. The van der Waals surface area contributed by atoms with Gasteiger partial charge in [-0.25, -0.2) is 0 Å². The largest absolute Gasteiger partial charge is 0.481 e. The number of aryl methyl sites for hydroxylation is 2. The molecule has 18 heavy (non-hydrogen) atoms. The van der Waals surface area contributed by atoms with Gasteiger partial charge in [-0.2, -0.15) is 0 Å². The van der Waals surface area contributed by atoms with Crippen LogP contribution < -0.4 is 5.32 Å². The zero-order valence-electron chi connectivity index (χ0n) is 10.8. The van der Waals surface area contributed by atoms with Crippen LogP contribution in [-0.2, 0) is 16.0 Å². The molecule has 0 bridgehead atoms. The number of rotatable bonds is 7. The number of carboxylic acids is 1. The Morgan fingerprint density at radius 2 is 2.00 bits per heavy atom. The Morgan fingerprint density at radius 3 is 2.50 bits per heavy atom. The number of carbonyl (C=O) groups is 2. The summed E-state index contributed by atoms with van der Waals surface area (Å²) in [7, 11) is 0. The SMILES string of the molecule is Cc1cccc(C)c1CC(CCC(=O)O)NC=O. The van der Waals surface area contributed by atoms with Gasteiger partial charge in [-0.15, -0.1) is 0 Å². The van der Waals surface area contributed by atoms with Gasteiger partial charge in [0.25, 0.3) is 0 Å². The van der Waals surface area contributed by atoms with Crippen LogP contribution in [0.4, 0.5) is 0 Å². The first-order chi connectivity index (χ1) is 8.54. The van der Waals surface area contributed by atoms with E-state index in [1.165, 1.54) is 16.7 Å².